The van der Waals surface area contributed by atoms with Crippen LogP contribution in [0.5, 0.6) is 0 Å². The van der Waals surface area contributed by atoms with Crippen molar-refractivity contribution in [2.75, 3.05) is 0 Å². The molecule has 0 aliphatic carbocycles. The van der Waals surface area contributed by atoms with E-state index in [0.29, 0.717) is 5.02 Å². The van der Waals surface area contributed by atoms with Gasteiger partial charge in [0.15, 0.2) is 0 Å². The minimum atomic E-state index is 0.697. The van der Waals surface area contributed by atoms with Crippen molar-refractivity contribution < 1.29 is 0 Å². The van der Waals surface area contributed by atoms with Gasteiger partial charge in [-0.05, 0) is 24.3 Å². The summed E-state index contributed by atoms with van der Waals surface area (Å²) in [6.07, 6.45) is 10.5. The van der Waals surface area contributed by atoms with Crippen molar-refractivity contribution in [3.63, 3.8) is 0 Å². The second-order valence-electron chi connectivity index (χ2n) is 4.45. The molecule has 4 rings (SSSR count). The fourth-order valence-corrected chi connectivity index (χ4v) is 2.40. The smallest absolute Gasteiger partial charge is 0.0747 e. The first kappa shape index (κ1) is 14.6. The number of H-pyrrole nitrogens is 1. The van der Waals surface area contributed by atoms with Crippen molar-refractivity contribution in [1.29, 1.82) is 0 Å². The maximum atomic E-state index is 5.88. The summed E-state index contributed by atoms with van der Waals surface area (Å²) >= 11 is 11.0. The molecule has 0 saturated heterocycles. The van der Waals surface area contributed by atoms with Crippen molar-refractivity contribution in [1.82, 2.24) is 19.9 Å². The molecule has 0 aromatic carbocycles. The topological polar surface area (TPSA) is 54.5 Å². The first-order chi connectivity index (χ1) is 10.8. The van der Waals surface area contributed by atoms with Crippen LogP contribution in [0.3, 0.4) is 0 Å². The SMILES string of the molecule is Clc1ccnc2ccncc12.S=c1cc[nH]c2ccncc12. The van der Waals surface area contributed by atoms with Crippen LogP contribution in [0.25, 0.3) is 21.8 Å². The van der Waals surface area contributed by atoms with Crippen molar-refractivity contribution >= 4 is 45.6 Å². The average molecular weight is 327 g/mol. The molecule has 0 spiro atoms. The van der Waals surface area contributed by atoms with Crippen molar-refractivity contribution in [2.45, 2.75) is 0 Å². The van der Waals surface area contributed by atoms with Crippen LogP contribution >= 0.6 is 23.8 Å². The molecule has 0 saturated carbocycles. The maximum Gasteiger partial charge on any atom is 0.0747 e. The number of nitrogens with zero attached hydrogens (tertiary/aromatic N) is 3. The van der Waals surface area contributed by atoms with Gasteiger partial charge in [0.05, 0.1) is 10.5 Å². The molecule has 4 nitrogen and oxygen atoms in total. The monoisotopic (exact) mass is 326 g/mol. The standard InChI is InChI=1S/C8H5ClN2.C8H6N2S/c9-7-1-4-11-8-2-3-10-5-6(7)8;11-8-2-4-10-7-1-3-9-5-6(7)8/h1-5H;1-5H,(H,10,11). The Bertz CT molecular complexity index is 973. The fraction of sp³-hybridized carbons (Fsp3) is 0. The van der Waals surface area contributed by atoms with Crippen LogP contribution < -0.4 is 0 Å². The number of fused-ring (bicyclic) bond motifs is 2. The quantitative estimate of drug-likeness (QED) is 0.481. The van der Waals surface area contributed by atoms with Gasteiger partial charge in [0.1, 0.15) is 0 Å². The van der Waals surface area contributed by atoms with E-state index in [1.165, 1.54) is 0 Å². The lowest BCUT2D eigenvalue weighted by Gasteiger charge is -1.95. The molecule has 4 aromatic heterocycles. The summed E-state index contributed by atoms with van der Waals surface area (Å²) in [6, 6.07) is 7.36. The molecular formula is C16H11ClN4S. The molecule has 1 N–H and O–H groups in total. The highest BCUT2D eigenvalue weighted by Gasteiger charge is 1.96. The van der Waals surface area contributed by atoms with Crippen LogP contribution in [0, 0.1) is 4.51 Å². The summed E-state index contributed by atoms with van der Waals surface area (Å²) in [5, 5.41) is 2.60. The summed E-state index contributed by atoms with van der Waals surface area (Å²) < 4.78 is 0.840. The van der Waals surface area contributed by atoms with E-state index in [9.17, 15) is 0 Å². The molecule has 0 aliphatic heterocycles. The Hall–Kier alpha value is -2.37. The zero-order valence-corrected chi connectivity index (χ0v) is 13.0. The third-order valence-corrected chi connectivity index (χ3v) is 3.74. The second kappa shape index (κ2) is 6.60. The lowest BCUT2D eigenvalue weighted by Crippen LogP contribution is -1.79. The summed E-state index contributed by atoms with van der Waals surface area (Å²) in [5.74, 6) is 0. The first-order valence-electron chi connectivity index (χ1n) is 6.51. The third kappa shape index (κ3) is 3.10. The van der Waals surface area contributed by atoms with E-state index in [4.69, 9.17) is 23.8 Å². The Morgan fingerprint density at radius 2 is 1.68 bits per heavy atom. The highest BCUT2D eigenvalue weighted by Crippen LogP contribution is 2.18. The zero-order valence-electron chi connectivity index (χ0n) is 11.4. The molecule has 0 unspecified atom stereocenters. The largest absolute Gasteiger partial charge is 0.361 e. The van der Waals surface area contributed by atoms with Gasteiger partial charge in [-0.1, -0.05) is 23.8 Å². The van der Waals surface area contributed by atoms with Gasteiger partial charge in [-0.3, -0.25) is 15.0 Å². The normalized spacial score (nSPS) is 10.2. The molecule has 0 aliphatic rings. The van der Waals surface area contributed by atoms with Gasteiger partial charge in [-0.15, -0.1) is 0 Å². The van der Waals surface area contributed by atoms with E-state index in [2.05, 4.69) is 19.9 Å². The fourth-order valence-electron chi connectivity index (χ4n) is 1.97. The Morgan fingerprint density at radius 3 is 2.45 bits per heavy atom. The van der Waals surface area contributed by atoms with Crippen LogP contribution in [0.2, 0.25) is 5.02 Å². The minimum absolute atomic E-state index is 0.697. The van der Waals surface area contributed by atoms with Gasteiger partial charge in [-0.25, -0.2) is 0 Å². The molecule has 0 atom stereocenters. The Balaban J connectivity index is 0.000000131. The van der Waals surface area contributed by atoms with Crippen LogP contribution in [-0.2, 0) is 0 Å². The van der Waals surface area contributed by atoms with Gasteiger partial charge in [0.25, 0.3) is 0 Å². The molecule has 0 fully saturated rings. The molecule has 0 amide bonds. The summed E-state index contributed by atoms with van der Waals surface area (Å²) in [7, 11) is 0. The number of aromatic nitrogens is 4. The number of rotatable bonds is 0. The molecular weight excluding hydrogens is 316 g/mol. The molecule has 6 heteroatoms. The van der Waals surface area contributed by atoms with E-state index in [1.54, 1.807) is 37.1 Å². The number of hydrogen-bond acceptors (Lipinski definition) is 4. The van der Waals surface area contributed by atoms with E-state index in [1.807, 2.05) is 24.4 Å². The molecule has 0 bridgehead atoms. The second-order valence-corrected chi connectivity index (χ2v) is 5.30. The zero-order chi connectivity index (χ0) is 15.4. The number of hydrogen-bond donors (Lipinski definition) is 1. The summed E-state index contributed by atoms with van der Waals surface area (Å²) in [6.45, 7) is 0. The number of pyridine rings is 4. The third-order valence-electron chi connectivity index (χ3n) is 3.05. The lowest BCUT2D eigenvalue weighted by molar-refractivity contribution is 1.32. The van der Waals surface area contributed by atoms with Gasteiger partial charge in [0, 0.05) is 58.0 Å². The first-order valence-corrected chi connectivity index (χ1v) is 7.30. The Morgan fingerprint density at radius 1 is 0.909 bits per heavy atom. The van der Waals surface area contributed by atoms with E-state index < -0.39 is 0 Å². The molecule has 4 heterocycles. The van der Waals surface area contributed by atoms with E-state index >= 15 is 0 Å². The average Bonchev–Trinajstić information content (AvgIpc) is 2.57. The number of nitrogens with one attached hydrogen (secondary N) is 1. The van der Waals surface area contributed by atoms with E-state index in [-0.39, 0.29) is 0 Å². The Kier molecular flexibility index (Phi) is 4.37. The van der Waals surface area contributed by atoms with Crippen LogP contribution in [-0.4, -0.2) is 19.9 Å². The van der Waals surface area contributed by atoms with Crippen LogP contribution in [0.4, 0.5) is 0 Å². The van der Waals surface area contributed by atoms with Crippen LogP contribution in [0.1, 0.15) is 0 Å². The molecule has 108 valence electrons. The molecule has 0 radical (unpaired) electrons. The van der Waals surface area contributed by atoms with Gasteiger partial charge in [0.2, 0.25) is 0 Å². The molecule has 22 heavy (non-hydrogen) atoms. The lowest BCUT2D eigenvalue weighted by atomic mass is 10.3. The molecule has 4 aromatic rings. The van der Waals surface area contributed by atoms with Crippen LogP contribution in [0.15, 0.2) is 61.4 Å². The summed E-state index contributed by atoms with van der Waals surface area (Å²) in [4.78, 5) is 15.1. The Labute approximate surface area is 136 Å². The van der Waals surface area contributed by atoms with Crippen molar-refractivity contribution in [3.05, 3.63) is 71.0 Å². The number of halogens is 1. The minimum Gasteiger partial charge on any atom is -0.361 e. The number of aromatic amines is 1. The van der Waals surface area contributed by atoms with Gasteiger partial charge >= 0.3 is 0 Å². The predicted octanol–water partition coefficient (Wildman–Crippen LogP) is 4.58. The highest BCUT2D eigenvalue weighted by atomic mass is 35.5. The predicted molar refractivity (Wildman–Crippen MR) is 91.5 cm³/mol. The van der Waals surface area contributed by atoms with Crippen molar-refractivity contribution in [2.24, 2.45) is 0 Å². The summed E-state index contributed by atoms with van der Waals surface area (Å²) in [5.41, 5.74) is 1.92. The van der Waals surface area contributed by atoms with Crippen molar-refractivity contribution in [3.8, 4) is 0 Å². The highest BCUT2D eigenvalue weighted by molar-refractivity contribution is 7.71. The maximum absolute atomic E-state index is 5.88. The van der Waals surface area contributed by atoms with Gasteiger partial charge < -0.3 is 4.98 Å². The van der Waals surface area contributed by atoms with E-state index in [0.717, 1.165) is 26.3 Å². The van der Waals surface area contributed by atoms with Gasteiger partial charge in [-0.2, -0.15) is 0 Å².